The molecule has 0 radical (unpaired) electrons. The summed E-state index contributed by atoms with van der Waals surface area (Å²) in [6.45, 7) is 12.1. The zero-order valence-electron chi connectivity index (χ0n) is 13.1. The van der Waals surface area contributed by atoms with E-state index in [1.165, 1.54) is 9.35 Å². The van der Waals surface area contributed by atoms with Gasteiger partial charge in [-0.2, -0.15) is 0 Å². The lowest BCUT2D eigenvalue weighted by Crippen LogP contribution is -2.38. The molecule has 2 unspecified atom stereocenters. The molecule has 0 bridgehead atoms. The minimum Gasteiger partial charge on any atom is -0.369 e. The third kappa shape index (κ3) is 3.46. The van der Waals surface area contributed by atoms with Gasteiger partial charge in [0, 0.05) is 21.3 Å². The van der Waals surface area contributed by atoms with Crippen LogP contribution in [-0.4, -0.2) is 17.7 Å². The number of hydrogen-bond donors (Lipinski definition) is 1. The van der Waals surface area contributed by atoms with E-state index in [1.807, 2.05) is 11.3 Å². The van der Waals surface area contributed by atoms with Crippen LogP contribution in [0.4, 0.5) is 0 Å². The SMILES string of the molecule is CCCNC(c1sccc1Br)C1CC(C)(C)OC1(C)C. The van der Waals surface area contributed by atoms with Crippen molar-refractivity contribution in [3.63, 3.8) is 0 Å². The van der Waals surface area contributed by atoms with E-state index in [1.54, 1.807) is 0 Å². The molecule has 114 valence electrons. The Morgan fingerprint density at radius 2 is 2.15 bits per heavy atom. The van der Waals surface area contributed by atoms with E-state index in [9.17, 15) is 0 Å². The third-order valence-corrected chi connectivity index (χ3v) is 6.04. The van der Waals surface area contributed by atoms with E-state index in [0.29, 0.717) is 12.0 Å². The van der Waals surface area contributed by atoms with Crippen molar-refractivity contribution in [3.05, 3.63) is 20.8 Å². The smallest absolute Gasteiger partial charge is 0.0681 e. The van der Waals surface area contributed by atoms with Crippen molar-refractivity contribution < 1.29 is 4.74 Å². The quantitative estimate of drug-likeness (QED) is 0.785. The van der Waals surface area contributed by atoms with Gasteiger partial charge < -0.3 is 10.1 Å². The van der Waals surface area contributed by atoms with Gasteiger partial charge >= 0.3 is 0 Å². The average Bonchev–Trinajstić information content (AvgIpc) is 2.81. The molecule has 2 heterocycles. The monoisotopic (exact) mass is 359 g/mol. The van der Waals surface area contributed by atoms with E-state index in [0.717, 1.165) is 19.4 Å². The predicted octanol–water partition coefficient (Wildman–Crippen LogP) is 5.15. The van der Waals surface area contributed by atoms with Crippen molar-refractivity contribution in [1.82, 2.24) is 5.32 Å². The molecule has 0 spiro atoms. The van der Waals surface area contributed by atoms with Crippen molar-refractivity contribution in [3.8, 4) is 0 Å². The summed E-state index contributed by atoms with van der Waals surface area (Å²) < 4.78 is 7.52. The summed E-state index contributed by atoms with van der Waals surface area (Å²) in [5.41, 5.74) is -0.137. The Bertz CT molecular complexity index is 455. The Morgan fingerprint density at radius 1 is 1.45 bits per heavy atom. The van der Waals surface area contributed by atoms with E-state index >= 15 is 0 Å². The number of hydrogen-bond acceptors (Lipinski definition) is 3. The van der Waals surface area contributed by atoms with Crippen LogP contribution in [-0.2, 0) is 4.74 Å². The molecule has 1 aliphatic heterocycles. The fourth-order valence-electron chi connectivity index (χ4n) is 3.37. The van der Waals surface area contributed by atoms with Crippen LogP contribution in [0.25, 0.3) is 0 Å². The summed E-state index contributed by atoms with van der Waals surface area (Å²) >= 11 is 5.53. The van der Waals surface area contributed by atoms with Crippen molar-refractivity contribution >= 4 is 27.3 Å². The Morgan fingerprint density at radius 3 is 2.60 bits per heavy atom. The van der Waals surface area contributed by atoms with Gasteiger partial charge in [-0.15, -0.1) is 11.3 Å². The zero-order valence-corrected chi connectivity index (χ0v) is 15.5. The zero-order chi connectivity index (χ0) is 15.0. The van der Waals surface area contributed by atoms with Gasteiger partial charge in [-0.25, -0.2) is 0 Å². The molecule has 1 fully saturated rings. The predicted molar refractivity (Wildman–Crippen MR) is 90.4 cm³/mol. The highest BCUT2D eigenvalue weighted by Gasteiger charge is 2.49. The van der Waals surface area contributed by atoms with Gasteiger partial charge in [0.2, 0.25) is 0 Å². The molecule has 0 amide bonds. The van der Waals surface area contributed by atoms with E-state index in [2.05, 4.69) is 67.3 Å². The Balaban J connectivity index is 2.30. The fourth-order valence-corrected chi connectivity index (χ4v) is 5.13. The minimum absolute atomic E-state index is 0.0377. The first-order valence-corrected chi connectivity index (χ1v) is 9.10. The molecular weight excluding hydrogens is 334 g/mol. The lowest BCUT2D eigenvalue weighted by Gasteiger charge is -2.33. The molecule has 1 N–H and O–H groups in total. The molecule has 0 saturated carbocycles. The highest BCUT2D eigenvalue weighted by atomic mass is 79.9. The summed E-state index contributed by atoms with van der Waals surface area (Å²) in [6.07, 6.45) is 2.24. The molecule has 2 rings (SSSR count). The van der Waals surface area contributed by atoms with Gasteiger partial charge in [0.15, 0.2) is 0 Å². The number of nitrogens with one attached hydrogen (secondary N) is 1. The van der Waals surface area contributed by atoms with E-state index < -0.39 is 0 Å². The van der Waals surface area contributed by atoms with Gasteiger partial charge in [0.25, 0.3) is 0 Å². The maximum Gasteiger partial charge on any atom is 0.0681 e. The molecule has 1 aromatic rings. The highest BCUT2D eigenvalue weighted by Crippen LogP contribution is 2.49. The van der Waals surface area contributed by atoms with Gasteiger partial charge in [-0.3, -0.25) is 0 Å². The number of rotatable bonds is 5. The van der Waals surface area contributed by atoms with Crippen LogP contribution < -0.4 is 5.32 Å². The van der Waals surface area contributed by atoms with Gasteiger partial charge in [0.1, 0.15) is 0 Å². The Kier molecular flexibility index (Phi) is 5.00. The van der Waals surface area contributed by atoms with Crippen molar-refractivity contribution in [2.45, 2.75) is 64.7 Å². The summed E-state index contributed by atoms with van der Waals surface area (Å²) in [6, 6.07) is 2.51. The van der Waals surface area contributed by atoms with Crippen molar-refractivity contribution in [2.24, 2.45) is 5.92 Å². The largest absolute Gasteiger partial charge is 0.369 e. The van der Waals surface area contributed by atoms with Crippen LogP contribution in [0.3, 0.4) is 0 Å². The lowest BCUT2D eigenvalue weighted by molar-refractivity contribution is -0.0777. The second-order valence-electron chi connectivity index (χ2n) is 6.84. The number of halogens is 1. The summed E-state index contributed by atoms with van der Waals surface area (Å²) in [5.74, 6) is 0.485. The fraction of sp³-hybridized carbons (Fsp3) is 0.750. The highest BCUT2D eigenvalue weighted by molar-refractivity contribution is 9.10. The summed E-state index contributed by atoms with van der Waals surface area (Å²) in [4.78, 5) is 1.40. The average molecular weight is 360 g/mol. The summed E-state index contributed by atoms with van der Waals surface area (Å²) in [7, 11) is 0. The maximum atomic E-state index is 6.30. The summed E-state index contributed by atoms with van der Waals surface area (Å²) in [5, 5.41) is 5.91. The van der Waals surface area contributed by atoms with Crippen LogP contribution in [0.2, 0.25) is 0 Å². The molecular formula is C16H26BrNOS. The van der Waals surface area contributed by atoms with Crippen LogP contribution in [0.1, 0.15) is 58.4 Å². The minimum atomic E-state index is -0.0989. The van der Waals surface area contributed by atoms with Crippen LogP contribution in [0.5, 0.6) is 0 Å². The standard InChI is InChI=1S/C16H26BrNOS/c1-6-8-18-13(14-12(17)7-9-20-14)11-10-15(2,3)19-16(11,4)5/h7,9,11,13,18H,6,8,10H2,1-5H3. The second kappa shape index (κ2) is 6.07. The van der Waals surface area contributed by atoms with Gasteiger partial charge in [0.05, 0.1) is 11.2 Å². The first-order chi connectivity index (χ1) is 9.27. The van der Waals surface area contributed by atoms with Crippen LogP contribution in [0, 0.1) is 5.92 Å². The van der Waals surface area contributed by atoms with Crippen molar-refractivity contribution in [1.29, 1.82) is 0 Å². The molecule has 0 aromatic carbocycles. The topological polar surface area (TPSA) is 21.3 Å². The van der Waals surface area contributed by atoms with Gasteiger partial charge in [-0.05, 0) is 74.5 Å². The molecule has 0 aliphatic carbocycles. The third-order valence-electron chi connectivity index (χ3n) is 4.09. The molecule has 4 heteroatoms. The molecule has 1 aromatic heterocycles. The molecule has 2 nitrogen and oxygen atoms in total. The lowest BCUT2D eigenvalue weighted by atomic mass is 9.81. The first-order valence-electron chi connectivity index (χ1n) is 7.43. The number of ether oxygens (including phenoxy) is 1. The van der Waals surface area contributed by atoms with E-state index in [4.69, 9.17) is 4.74 Å². The Hall–Kier alpha value is 0.1000. The van der Waals surface area contributed by atoms with Crippen LogP contribution in [0.15, 0.2) is 15.9 Å². The Labute approximate surface area is 135 Å². The molecule has 1 aliphatic rings. The normalized spacial score (nSPS) is 25.8. The molecule has 20 heavy (non-hydrogen) atoms. The molecule has 2 atom stereocenters. The van der Waals surface area contributed by atoms with Gasteiger partial charge in [-0.1, -0.05) is 6.92 Å². The maximum absolute atomic E-state index is 6.30. The van der Waals surface area contributed by atoms with Crippen molar-refractivity contribution in [2.75, 3.05) is 6.54 Å². The number of thiophene rings is 1. The van der Waals surface area contributed by atoms with Crippen LogP contribution >= 0.6 is 27.3 Å². The first kappa shape index (κ1) is 16.5. The second-order valence-corrected chi connectivity index (χ2v) is 8.64. The molecule has 1 saturated heterocycles. The van der Waals surface area contributed by atoms with E-state index in [-0.39, 0.29) is 11.2 Å².